The van der Waals surface area contributed by atoms with Crippen molar-refractivity contribution in [3.63, 3.8) is 0 Å². The maximum Gasteiger partial charge on any atom is 0.263 e. The maximum atomic E-state index is 12.9. The van der Waals surface area contributed by atoms with Gasteiger partial charge in [-0.05, 0) is 12.5 Å². The number of hydrogen-bond acceptors (Lipinski definition) is 6. The van der Waals surface area contributed by atoms with Crippen LogP contribution < -0.4 is 5.56 Å². The summed E-state index contributed by atoms with van der Waals surface area (Å²) in [6, 6.07) is 8.12. The normalized spacial score (nSPS) is 11.2. The summed E-state index contributed by atoms with van der Waals surface area (Å²) < 4.78 is 6.47. The Morgan fingerprint density at radius 2 is 2.00 bits per heavy atom. The molecule has 0 spiro atoms. The van der Waals surface area contributed by atoms with E-state index in [1.165, 1.54) is 27.8 Å². The average molecular weight is 338 g/mol. The van der Waals surface area contributed by atoms with Crippen LogP contribution in [0.15, 0.2) is 45.3 Å². The summed E-state index contributed by atoms with van der Waals surface area (Å²) in [6.45, 7) is 3.99. The monoisotopic (exact) mass is 338 g/mol. The molecule has 0 aliphatic rings. The van der Waals surface area contributed by atoms with Gasteiger partial charge >= 0.3 is 0 Å². The molecule has 120 valence electrons. The van der Waals surface area contributed by atoms with Gasteiger partial charge in [0, 0.05) is 17.9 Å². The molecule has 0 saturated heterocycles. The van der Waals surface area contributed by atoms with Crippen LogP contribution in [0, 0.1) is 13.8 Å². The van der Waals surface area contributed by atoms with E-state index in [0.717, 1.165) is 16.0 Å². The molecule has 4 rings (SSSR count). The van der Waals surface area contributed by atoms with E-state index in [9.17, 15) is 4.79 Å². The average Bonchev–Trinajstić information content (AvgIpc) is 3.18. The zero-order valence-corrected chi connectivity index (χ0v) is 14.0. The Hall–Kier alpha value is -2.80. The molecular weight excluding hydrogens is 324 g/mol. The first-order chi connectivity index (χ1) is 11.6. The van der Waals surface area contributed by atoms with Crippen molar-refractivity contribution in [3.05, 3.63) is 63.6 Å². The molecule has 6 nitrogen and oxygen atoms in total. The van der Waals surface area contributed by atoms with Crippen LogP contribution in [0.3, 0.4) is 0 Å². The molecule has 3 heterocycles. The number of hydrogen-bond donors (Lipinski definition) is 0. The Morgan fingerprint density at radius 1 is 1.21 bits per heavy atom. The van der Waals surface area contributed by atoms with Crippen LogP contribution in [0.4, 0.5) is 0 Å². The Morgan fingerprint density at radius 3 is 2.71 bits per heavy atom. The van der Waals surface area contributed by atoms with Gasteiger partial charge in [0.15, 0.2) is 5.82 Å². The van der Waals surface area contributed by atoms with Crippen molar-refractivity contribution in [2.24, 2.45) is 0 Å². The summed E-state index contributed by atoms with van der Waals surface area (Å²) in [4.78, 5) is 22.2. The van der Waals surface area contributed by atoms with E-state index in [4.69, 9.17) is 4.52 Å². The minimum atomic E-state index is -0.0979. The highest BCUT2D eigenvalue weighted by molar-refractivity contribution is 7.17. The molecule has 3 aromatic heterocycles. The van der Waals surface area contributed by atoms with E-state index in [0.29, 0.717) is 17.1 Å². The lowest BCUT2D eigenvalue weighted by Crippen LogP contribution is -2.21. The summed E-state index contributed by atoms with van der Waals surface area (Å²) in [7, 11) is 0. The van der Waals surface area contributed by atoms with E-state index >= 15 is 0 Å². The van der Waals surface area contributed by atoms with Gasteiger partial charge in [-0.25, -0.2) is 4.98 Å². The molecule has 0 unspecified atom stereocenters. The smallest absolute Gasteiger partial charge is 0.263 e. The van der Waals surface area contributed by atoms with Crippen LogP contribution >= 0.6 is 11.3 Å². The Bertz CT molecular complexity index is 1080. The molecule has 0 radical (unpaired) electrons. The lowest BCUT2D eigenvalue weighted by molar-refractivity contribution is 0.386. The first-order valence-corrected chi connectivity index (χ1v) is 8.32. The van der Waals surface area contributed by atoms with Crippen LogP contribution in [0.25, 0.3) is 21.3 Å². The van der Waals surface area contributed by atoms with Gasteiger partial charge in [0.05, 0.1) is 18.3 Å². The van der Waals surface area contributed by atoms with Crippen molar-refractivity contribution >= 4 is 21.6 Å². The predicted octanol–water partition coefficient (Wildman–Crippen LogP) is 3.17. The van der Waals surface area contributed by atoms with Crippen molar-refractivity contribution in [2.45, 2.75) is 20.4 Å². The van der Waals surface area contributed by atoms with Gasteiger partial charge in [-0.1, -0.05) is 35.0 Å². The molecule has 0 N–H and O–H groups in total. The molecule has 1 aromatic carbocycles. The van der Waals surface area contributed by atoms with E-state index in [1.54, 1.807) is 6.92 Å². The molecule has 0 atom stereocenters. The third-order valence-electron chi connectivity index (χ3n) is 3.80. The number of fused-ring (bicyclic) bond motifs is 1. The SMILES string of the molecule is Cc1ccc(-c2csc3ncn(Cc4noc(C)n4)c(=O)c23)cc1. The molecule has 0 fully saturated rings. The Labute approximate surface area is 141 Å². The first-order valence-electron chi connectivity index (χ1n) is 7.44. The Balaban J connectivity index is 1.84. The van der Waals surface area contributed by atoms with Gasteiger partial charge in [0.2, 0.25) is 5.89 Å². The zero-order chi connectivity index (χ0) is 16.7. The zero-order valence-electron chi connectivity index (χ0n) is 13.2. The number of nitrogens with zero attached hydrogens (tertiary/aromatic N) is 4. The van der Waals surface area contributed by atoms with Gasteiger partial charge in [-0.15, -0.1) is 11.3 Å². The molecule has 0 aliphatic heterocycles. The van der Waals surface area contributed by atoms with Crippen LogP contribution in [0.1, 0.15) is 17.3 Å². The van der Waals surface area contributed by atoms with Crippen molar-refractivity contribution in [1.82, 2.24) is 19.7 Å². The number of aryl methyl sites for hydroxylation is 2. The molecule has 7 heteroatoms. The molecule has 0 saturated carbocycles. The van der Waals surface area contributed by atoms with Crippen molar-refractivity contribution in [1.29, 1.82) is 0 Å². The second-order valence-corrected chi connectivity index (χ2v) is 6.46. The van der Waals surface area contributed by atoms with Gasteiger partial charge in [0.25, 0.3) is 5.56 Å². The van der Waals surface area contributed by atoms with E-state index in [2.05, 4.69) is 15.1 Å². The highest BCUT2D eigenvalue weighted by atomic mass is 32.1. The number of rotatable bonds is 3. The van der Waals surface area contributed by atoms with Gasteiger partial charge in [0.1, 0.15) is 4.83 Å². The molecule has 24 heavy (non-hydrogen) atoms. The summed E-state index contributed by atoms with van der Waals surface area (Å²) in [5, 5.41) is 6.45. The lowest BCUT2D eigenvalue weighted by atomic mass is 10.1. The van der Waals surface area contributed by atoms with Crippen molar-refractivity contribution < 1.29 is 4.52 Å². The number of benzene rings is 1. The van der Waals surface area contributed by atoms with Gasteiger partial charge in [-0.2, -0.15) is 4.98 Å². The fourth-order valence-corrected chi connectivity index (χ4v) is 3.49. The Kier molecular flexibility index (Phi) is 3.50. The first kappa shape index (κ1) is 14.8. The quantitative estimate of drug-likeness (QED) is 0.573. The van der Waals surface area contributed by atoms with E-state index < -0.39 is 0 Å². The fraction of sp³-hybridized carbons (Fsp3) is 0.176. The predicted molar refractivity (Wildman–Crippen MR) is 92.2 cm³/mol. The van der Waals surface area contributed by atoms with Crippen molar-refractivity contribution in [3.8, 4) is 11.1 Å². The fourth-order valence-electron chi connectivity index (χ4n) is 2.58. The van der Waals surface area contributed by atoms with E-state index in [1.807, 2.05) is 36.6 Å². The summed E-state index contributed by atoms with van der Waals surface area (Å²) in [5.41, 5.74) is 3.01. The largest absolute Gasteiger partial charge is 0.340 e. The molecular formula is C17H14N4O2S. The number of thiophene rings is 1. The van der Waals surface area contributed by atoms with E-state index in [-0.39, 0.29) is 12.1 Å². The second-order valence-electron chi connectivity index (χ2n) is 5.60. The standard InChI is InChI=1S/C17H14N4O2S/c1-10-3-5-12(6-4-10)13-8-24-16-15(13)17(22)21(9-18-16)7-14-19-11(2)23-20-14/h3-6,8-9H,7H2,1-2H3. The molecule has 0 amide bonds. The lowest BCUT2D eigenvalue weighted by Gasteiger charge is -2.04. The van der Waals surface area contributed by atoms with Crippen LogP contribution in [-0.4, -0.2) is 19.7 Å². The highest BCUT2D eigenvalue weighted by Gasteiger charge is 2.14. The second kappa shape index (κ2) is 5.68. The third kappa shape index (κ3) is 2.52. The summed E-state index contributed by atoms with van der Waals surface area (Å²) in [6.07, 6.45) is 1.53. The minimum absolute atomic E-state index is 0.0979. The molecule has 0 bridgehead atoms. The highest BCUT2D eigenvalue weighted by Crippen LogP contribution is 2.30. The summed E-state index contributed by atoms with van der Waals surface area (Å²) in [5.74, 6) is 0.936. The van der Waals surface area contributed by atoms with Crippen molar-refractivity contribution in [2.75, 3.05) is 0 Å². The van der Waals surface area contributed by atoms with Crippen LogP contribution in [0.5, 0.6) is 0 Å². The number of aromatic nitrogens is 4. The molecule has 0 aliphatic carbocycles. The van der Waals surface area contributed by atoms with Gasteiger partial charge in [-0.3, -0.25) is 9.36 Å². The summed E-state index contributed by atoms with van der Waals surface area (Å²) >= 11 is 1.47. The van der Waals surface area contributed by atoms with Gasteiger partial charge < -0.3 is 4.52 Å². The minimum Gasteiger partial charge on any atom is -0.340 e. The van der Waals surface area contributed by atoms with Crippen LogP contribution in [-0.2, 0) is 6.54 Å². The molecule has 4 aromatic rings. The maximum absolute atomic E-state index is 12.9. The third-order valence-corrected chi connectivity index (χ3v) is 4.69. The van der Waals surface area contributed by atoms with Crippen LogP contribution in [0.2, 0.25) is 0 Å². The topological polar surface area (TPSA) is 73.8 Å².